The average Bonchev–Trinajstić information content (AvgIpc) is 2.95. The predicted octanol–water partition coefficient (Wildman–Crippen LogP) is 2.95. The molecule has 0 radical (unpaired) electrons. The lowest BCUT2D eigenvalue weighted by Gasteiger charge is -2.06. The number of nitrogens with zero attached hydrogens (tertiary/aromatic N) is 2. The maximum absolute atomic E-state index is 12.1. The first-order chi connectivity index (χ1) is 9.76. The van der Waals surface area contributed by atoms with Crippen LogP contribution in [-0.4, -0.2) is 21.8 Å². The van der Waals surface area contributed by atoms with Gasteiger partial charge in [-0.2, -0.15) is 8.75 Å². The Kier molecular flexibility index (Phi) is 3.30. The van der Waals surface area contributed by atoms with Gasteiger partial charge in [0.25, 0.3) is 5.91 Å². The lowest BCUT2D eigenvalue weighted by Crippen LogP contribution is -2.11. The van der Waals surface area contributed by atoms with Crippen LogP contribution in [0.1, 0.15) is 10.4 Å². The molecule has 0 atom stereocenters. The SMILES string of the molecule is COc1ccc(NC(=O)c2ccc3nsnc3c2)cc1. The summed E-state index contributed by atoms with van der Waals surface area (Å²) in [5, 5.41) is 2.83. The van der Waals surface area contributed by atoms with Crippen LogP contribution >= 0.6 is 11.7 Å². The van der Waals surface area contributed by atoms with E-state index in [-0.39, 0.29) is 5.91 Å². The number of carbonyl (C=O) groups excluding carboxylic acids is 1. The molecule has 1 aromatic heterocycles. The molecule has 6 heteroatoms. The highest BCUT2D eigenvalue weighted by atomic mass is 32.1. The zero-order valence-electron chi connectivity index (χ0n) is 10.7. The summed E-state index contributed by atoms with van der Waals surface area (Å²) in [5.41, 5.74) is 2.81. The van der Waals surface area contributed by atoms with Gasteiger partial charge < -0.3 is 10.1 Å². The minimum atomic E-state index is -0.176. The molecule has 5 nitrogen and oxygen atoms in total. The second kappa shape index (κ2) is 5.26. The summed E-state index contributed by atoms with van der Waals surface area (Å²) in [5.74, 6) is 0.572. The molecule has 1 heterocycles. The van der Waals surface area contributed by atoms with Crippen molar-refractivity contribution in [1.82, 2.24) is 8.75 Å². The highest BCUT2D eigenvalue weighted by Gasteiger charge is 2.08. The van der Waals surface area contributed by atoms with Crippen molar-refractivity contribution >= 4 is 34.4 Å². The van der Waals surface area contributed by atoms with Crippen molar-refractivity contribution in [3.8, 4) is 5.75 Å². The fourth-order valence-corrected chi connectivity index (χ4v) is 2.32. The van der Waals surface area contributed by atoms with Crippen molar-refractivity contribution < 1.29 is 9.53 Å². The molecule has 3 aromatic rings. The average molecular weight is 285 g/mol. The van der Waals surface area contributed by atoms with Crippen molar-refractivity contribution in [3.05, 3.63) is 48.0 Å². The molecule has 1 amide bonds. The maximum Gasteiger partial charge on any atom is 0.255 e. The topological polar surface area (TPSA) is 64.1 Å². The number of benzene rings is 2. The van der Waals surface area contributed by atoms with Crippen LogP contribution in [0.4, 0.5) is 5.69 Å². The Morgan fingerprint density at radius 3 is 2.60 bits per heavy atom. The van der Waals surface area contributed by atoms with Gasteiger partial charge in [-0.05, 0) is 42.5 Å². The van der Waals surface area contributed by atoms with E-state index in [0.29, 0.717) is 11.3 Å². The van der Waals surface area contributed by atoms with Gasteiger partial charge in [0.2, 0.25) is 0 Å². The quantitative estimate of drug-likeness (QED) is 0.803. The van der Waals surface area contributed by atoms with E-state index in [2.05, 4.69) is 14.1 Å². The van der Waals surface area contributed by atoms with E-state index in [9.17, 15) is 4.79 Å². The molecule has 100 valence electrons. The molecular weight excluding hydrogens is 274 g/mol. The maximum atomic E-state index is 12.1. The van der Waals surface area contributed by atoms with E-state index in [1.807, 2.05) is 0 Å². The normalized spacial score (nSPS) is 10.4. The van der Waals surface area contributed by atoms with Gasteiger partial charge in [-0.3, -0.25) is 4.79 Å². The fourth-order valence-electron chi connectivity index (χ4n) is 1.80. The molecule has 0 aliphatic heterocycles. The largest absolute Gasteiger partial charge is 0.497 e. The van der Waals surface area contributed by atoms with Gasteiger partial charge >= 0.3 is 0 Å². The zero-order chi connectivity index (χ0) is 13.9. The molecule has 0 aliphatic rings. The molecule has 0 spiro atoms. The van der Waals surface area contributed by atoms with Crippen molar-refractivity contribution in [2.24, 2.45) is 0 Å². The molecule has 0 saturated heterocycles. The standard InChI is InChI=1S/C14H11N3O2S/c1-19-11-5-3-10(4-6-11)15-14(18)9-2-7-12-13(8-9)17-20-16-12/h2-8H,1H3,(H,15,18). The van der Waals surface area contributed by atoms with E-state index >= 15 is 0 Å². The van der Waals surface area contributed by atoms with Gasteiger partial charge in [0.15, 0.2) is 0 Å². The first-order valence-corrected chi connectivity index (χ1v) is 6.67. The van der Waals surface area contributed by atoms with Crippen molar-refractivity contribution in [3.63, 3.8) is 0 Å². The van der Waals surface area contributed by atoms with E-state index in [0.717, 1.165) is 28.5 Å². The molecule has 0 bridgehead atoms. The van der Waals surface area contributed by atoms with E-state index in [1.54, 1.807) is 49.6 Å². The molecule has 0 saturated carbocycles. The third-order valence-corrected chi connectivity index (χ3v) is 3.42. The lowest BCUT2D eigenvalue weighted by molar-refractivity contribution is 0.102. The van der Waals surface area contributed by atoms with Crippen LogP contribution < -0.4 is 10.1 Å². The van der Waals surface area contributed by atoms with Crippen LogP contribution in [0.15, 0.2) is 42.5 Å². The van der Waals surface area contributed by atoms with Crippen molar-refractivity contribution in [1.29, 1.82) is 0 Å². The number of amides is 1. The van der Waals surface area contributed by atoms with Crippen molar-refractivity contribution in [2.45, 2.75) is 0 Å². The van der Waals surface area contributed by atoms with Crippen LogP contribution in [0.5, 0.6) is 5.75 Å². The number of anilines is 1. The van der Waals surface area contributed by atoms with Crippen LogP contribution in [0, 0.1) is 0 Å². The minimum absolute atomic E-state index is 0.176. The van der Waals surface area contributed by atoms with Crippen LogP contribution in [0.2, 0.25) is 0 Å². The van der Waals surface area contributed by atoms with E-state index in [1.165, 1.54) is 0 Å². The summed E-state index contributed by atoms with van der Waals surface area (Å²) < 4.78 is 13.3. The summed E-state index contributed by atoms with van der Waals surface area (Å²) in [6.45, 7) is 0. The molecule has 2 aromatic carbocycles. The molecule has 1 N–H and O–H groups in total. The number of hydrogen-bond acceptors (Lipinski definition) is 5. The molecular formula is C14H11N3O2S. The Morgan fingerprint density at radius 2 is 1.85 bits per heavy atom. The van der Waals surface area contributed by atoms with Gasteiger partial charge in [-0.15, -0.1) is 0 Å². The second-order valence-corrected chi connectivity index (χ2v) is 4.68. The number of rotatable bonds is 3. The monoisotopic (exact) mass is 285 g/mol. The van der Waals surface area contributed by atoms with Gasteiger partial charge in [0, 0.05) is 11.3 Å². The van der Waals surface area contributed by atoms with Crippen LogP contribution in [0.25, 0.3) is 11.0 Å². The Balaban J connectivity index is 1.80. The second-order valence-electron chi connectivity index (χ2n) is 4.15. The zero-order valence-corrected chi connectivity index (χ0v) is 11.5. The van der Waals surface area contributed by atoms with Gasteiger partial charge in [-0.25, -0.2) is 0 Å². The van der Waals surface area contributed by atoms with Gasteiger partial charge in [-0.1, -0.05) is 0 Å². The summed E-state index contributed by atoms with van der Waals surface area (Å²) in [6.07, 6.45) is 0. The van der Waals surface area contributed by atoms with E-state index in [4.69, 9.17) is 4.74 Å². The third-order valence-electron chi connectivity index (χ3n) is 2.86. The number of fused-ring (bicyclic) bond motifs is 1. The number of aromatic nitrogens is 2. The minimum Gasteiger partial charge on any atom is -0.497 e. The summed E-state index contributed by atoms with van der Waals surface area (Å²) in [6, 6.07) is 12.4. The smallest absolute Gasteiger partial charge is 0.255 e. The van der Waals surface area contributed by atoms with Gasteiger partial charge in [0.1, 0.15) is 16.8 Å². The van der Waals surface area contributed by atoms with Gasteiger partial charge in [0.05, 0.1) is 18.8 Å². The number of nitrogens with one attached hydrogen (secondary N) is 1. The highest BCUT2D eigenvalue weighted by molar-refractivity contribution is 7.00. The van der Waals surface area contributed by atoms with Crippen molar-refractivity contribution in [2.75, 3.05) is 12.4 Å². The number of ether oxygens (including phenoxy) is 1. The van der Waals surface area contributed by atoms with Crippen LogP contribution in [-0.2, 0) is 0 Å². The first-order valence-electron chi connectivity index (χ1n) is 5.94. The summed E-state index contributed by atoms with van der Waals surface area (Å²) in [7, 11) is 1.60. The summed E-state index contributed by atoms with van der Waals surface area (Å²) in [4.78, 5) is 12.1. The fraction of sp³-hybridized carbons (Fsp3) is 0.0714. The lowest BCUT2D eigenvalue weighted by atomic mass is 10.2. The molecule has 0 aliphatic carbocycles. The Hall–Kier alpha value is -2.47. The number of hydrogen-bond donors (Lipinski definition) is 1. The summed E-state index contributed by atoms with van der Waals surface area (Å²) >= 11 is 1.14. The number of methoxy groups -OCH3 is 1. The first kappa shape index (κ1) is 12.6. The Bertz CT molecular complexity index is 752. The molecule has 0 unspecified atom stereocenters. The third kappa shape index (κ3) is 2.46. The highest BCUT2D eigenvalue weighted by Crippen LogP contribution is 2.17. The molecule has 0 fully saturated rings. The Morgan fingerprint density at radius 1 is 1.10 bits per heavy atom. The van der Waals surface area contributed by atoms with E-state index < -0.39 is 0 Å². The number of carbonyl (C=O) groups is 1. The Labute approximate surface area is 119 Å². The molecule has 20 heavy (non-hydrogen) atoms. The molecule has 3 rings (SSSR count). The van der Waals surface area contributed by atoms with Crippen LogP contribution in [0.3, 0.4) is 0 Å². The predicted molar refractivity (Wildman–Crippen MR) is 78.4 cm³/mol.